The molecule has 4 radical (unpaired) electrons. The predicted molar refractivity (Wildman–Crippen MR) is 105 cm³/mol. The minimum atomic E-state index is -0.622. The first-order chi connectivity index (χ1) is 10.8. The van der Waals surface area contributed by atoms with Crippen LogP contribution in [0, 0.1) is 0 Å². The topological polar surface area (TPSA) is 45.5 Å². The molecule has 1 saturated heterocycles. The first-order valence-electron chi connectivity index (χ1n) is 8.05. The Morgan fingerprint density at radius 1 is 1.12 bits per heavy atom. The second kappa shape index (κ2) is 6.74. The van der Waals surface area contributed by atoms with Gasteiger partial charge in [-0.25, -0.2) is 10.0 Å². The average molecular weight is 348 g/mol. The van der Waals surface area contributed by atoms with Crippen LogP contribution in [0.4, 0.5) is 0 Å². The Kier molecular flexibility index (Phi) is 5.61. The monoisotopic (exact) mass is 348 g/mol. The Labute approximate surface area is 150 Å². The van der Waals surface area contributed by atoms with Crippen LogP contribution in [0.15, 0.2) is 0 Å². The normalized spacial score (nSPS) is 20.5. The Hall–Kier alpha value is -0.365. The summed E-state index contributed by atoms with van der Waals surface area (Å²) >= 11 is 0. The van der Waals surface area contributed by atoms with Gasteiger partial charge in [-0.15, -0.1) is 0 Å². The van der Waals surface area contributed by atoms with Crippen LogP contribution in [0.3, 0.4) is 0 Å². The van der Waals surface area contributed by atoms with Gasteiger partial charge in [0.1, 0.15) is 22.4 Å². The molecule has 0 aromatic carbocycles. The molecule has 0 saturated carbocycles. The Balaban J connectivity index is 2.07. The maximum atomic E-state index is 6.21. The van der Waals surface area contributed by atoms with Crippen molar-refractivity contribution in [2.24, 2.45) is 0 Å². The number of hydrogen-bond acceptors (Lipinski definition) is 4. The molecule has 0 aliphatic carbocycles. The lowest BCUT2D eigenvalue weighted by molar-refractivity contribution is 0.00578. The van der Waals surface area contributed by atoms with Crippen molar-refractivity contribution in [3.63, 3.8) is 0 Å². The van der Waals surface area contributed by atoms with Crippen LogP contribution >= 0.6 is 10.0 Å². The molecule has 0 unspecified atom stereocenters. The summed E-state index contributed by atoms with van der Waals surface area (Å²) in [5.41, 5.74) is 0.416. The van der Waals surface area contributed by atoms with E-state index in [4.69, 9.17) is 29.7 Å². The van der Waals surface area contributed by atoms with Crippen LogP contribution in [-0.4, -0.2) is 74.9 Å². The highest BCUT2D eigenvalue weighted by Gasteiger charge is 2.52. The molecule has 1 aromatic heterocycles. The van der Waals surface area contributed by atoms with Gasteiger partial charge in [0, 0.05) is 16.8 Å². The molecule has 9 heteroatoms. The van der Waals surface area contributed by atoms with Gasteiger partial charge < -0.3 is 14.0 Å². The Morgan fingerprint density at radius 2 is 1.67 bits per heavy atom. The fourth-order valence-electron chi connectivity index (χ4n) is 2.27. The molecule has 0 N–H and O–H groups in total. The van der Waals surface area contributed by atoms with E-state index < -0.39 is 28.3 Å². The van der Waals surface area contributed by atoms with E-state index in [1.54, 1.807) is 4.68 Å². The predicted octanol–water partition coefficient (Wildman–Crippen LogP) is -0.562. The second-order valence-corrected chi connectivity index (χ2v) is 12.7. The summed E-state index contributed by atoms with van der Waals surface area (Å²) < 4.78 is 19.3. The lowest BCUT2D eigenvalue weighted by Crippen LogP contribution is -2.50. The van der Waals surface area contributed by atoms with Gasteiger partial charge in [0.25, 0.3) is 0 Å². The zero-order valence-electron chi connectivity index (χ0n) is 15.9. The van der Waals surface area contributed by atoms with E-state index in [9.17, 15) is 0 Å². The fraction of sp³-hybridized carbons (Fsp3) is 0.800. The lowest BCUT2D eigenvalue weighted by atomic mass is 9.69. The third-order valence-electron chi connectivity index (χ3n) is 4.60. The van der Waals surface area contributed by atoms with Crippen LogP contribution in [0.2, 0.25) is 0 Å². The molecule has 24 heavy (non-hydrogen) atoms. The summed E-state index contributed by atoms with van der Waals surface area (Å²) in [6.07, 6.45) is 6.77. The van der Waals surface area contributed by atoms with Gasteiger partial charge in [-0.05, 0) is 52.1 Å². The third-order valence-corrected chi connectivity index (χ3v) is 5.99. The van der Waals surface area contributed by atoms with Crippen LogP contribution in [0.1, 0.15) is 27.7 Å². The summed E-state index contributed by atoms with van der Waals surface area (Å²) in [5.74, 6) is 1.04. The zero-order chi connectivity index (χ0) is 18.3. The van der Waals surface area contributed by atoms with Gasteiger partial charge in [-0.3, -0.25) is 4.68 Å². The summed E-state index contributed by atoms with van der Waals surface area (Å²) in [4.78, 5) is 0. The number of nitrogens with zero attached hydrogens (tertiary/aromatic N) is 2. The van der Waals surface area contributed by atoms with Crippen molar-refractivity contribution >= 4 is 49.5 Å². The SMILES string of the molecule is [B]c1nn(COCCS(C)(C)C)c([B])c1B1OC(C)(C)C(C)(C)O1. The summed E-state index contributed by atoms with van der Waals surface area (Å²) in [6.45, 7) is 8.89. The lowest BCUT2D eigenvalue weighted by Gasteiger charge is -2.32. The fourth-order valence-corrected chi connectivity index (χ4v) is 2.89. The minimum absolute atomic E-state index is 0.269. The number of hydrogen-bond donors (Lipinski definition) is 0. The van der Waals surface area contributed by atoms with Gasteiger partial charge in [0.05, 0.1) is 17.8 Å². The zero-order valence-corrected chi connectivity index (χ0v) is 16.7. The second-order valence-electron chi connectivity index (χ2n) is 8.10. The van der Waals surface area contributed by atoms with E-state index in [1.165, 1.54) is 0 Å². The molecule has 0 bridgehead atoms. The molecule has 0 amide bonds. The van der Waals surface area contributed by atoms with Crippen molar-refractivity contribution < 1.29 is 14.0 Å². The van der Waals surface area contributed by atoms with Crippen molar-refractivity contribution in [1.82, 2.24) is 9.78 Å². The quantitative estimate of drug-likeness (QED) is 0.511. The van der Waals surface area contributed by atoms with Gasteiger partial charge in [-0.1, -0.05) is 0 Å². The van der Waals surface area contributed by atoms with E-state index in [0.717, 1.165) is 5.75 Å². The highest BCUT2D eigenvalue weighted by atomic mass is 32.3. The maximum absolute atomic E-state index is 6.21. The first-order valence-corrected chi connectivity index (χ1v) is 11.1. The third kappa shape index (κ3) is 4.24. The molecular formula is C15H27B3N2O3S. The van der Waals surface area contributed by atoms with Crippen molar-refractivity contribution in [2.75, 3.05) is 31.1 Å². The smallest absolute Gasteiger partial charge is 0.399 e. The summed E-state index contributed by atoms with van der Waals surface area (Å²) in [6, 6.07) is 0. The van der Waals surface area contributed by atoms with Crippen LogP contribution < -0.4 is 16.6 Å². The van der Waals surface area contributed by atoms with E-state index >= 15 is 0 Å². The van der Waals surface area contributed by atoms with E-state index in [1.807, 2.05) is 27.7 Å². The maximum Gasteiger partial charge on any atom is 0.496 e. The standard InChI is InChI=1S/C15H27B3N2O3S/c1-14(2)15(3,4)23-18(22-14)11-12(16)19-20(13(11)17)10-21-8-9-24(5,6)7/h8-10H2,1-7H3. The number of aromatic nitrogens is 2. The molecule has 1 aliphatic rings. The molecule has 1 aliphatic heterocycles. The van der Waals surface area contributed by atoms with Crippen LogP contribution in [0.25, 0.3) is 0 Å². The molecular weight excluding hydrogens is 321 g/mol. The van der Waals surface area contributed by atoms with Crippen molar-refractivity contribution in [2.45, 2.75) is 45.6 Å². The molecule has 2 rings (SSSR count). The van der Waals surface area contributed by atoms with Crippen LogP contribution in [0.5, 0.6) is 0 Å². The summed E-state index contributed by atoms with van der Waals surface area (Å²) in [5, 5.41) is 4.28. The number of ether oxygens (including phenoxy) is 1. The van der Waals surface area contributed by atoms with Gasteiger partial charge in [-0.2, -0.15) is 5.10 Å². The molecule has 1 fully saturated rings. The molecule has 0 atom stereocenters. The Bertz CT molecular complexity index is 584. The van der Waals surface area contributed by atoms with E-state index in [-0.39, 0.29) is 6.73 Å². The molecule has 1 aromatic rings. The highest BCUT2D eigenvalue weighted by molar-refractivity contribution is 8.32. The van der Waals surface area contributed by atoms with Crippen molar-refractivity contribution in [3.05, 3.63) is 0 Å². The molecule has 130 valence electrons. The average Bonchev–Trinajstić information content (AvgIpc) is 2.77. The highest BCUT2D eigenvalue weighted by Crippen LogP contribution is 2.36. The van der Waals surface area contributed by atoms with Crippen molar-refractivity contribution in [1.29, 1.82) is 0 Å². The van der Waals surface area contributed by atoms with E-state index in [0.29, 0.717) is 23.3 Å². The van der Waals surface area contributed by atoms with Gasteiger partial charge in [0.2, 0.25) is 0 Å². The van der Waals surface area contributed by atoms with Gasteiger partial charge >= 0.3 is 7.12 Å². The van der Waals surface area contributed by atoms with Crippen molar-refractivity contribution in [3.8, 4) is 0 Å². The first kappa shape index (κ1) is 20.0. The molecule has 2 heterocycles. The number of rotatable bonds is 6. The van der Waals surface area contributed by atoms with E-state index in [2.05, 4.69) is 23.9 Å². The summed E-state index contributed by atoms with van der Waals surface area (Å²) in [7, 11) is 11.1. The van der Waals surface area contributed by atoms with Gasteiger partial charge in [0.15, 0.2) is 0 Å². The van der Waals surface area contributed by atoms with Crippen LogP contribution in [-0.2, 0) is 20.8 Å². The largest absolute Gasteiger partial charge is 0.496 e. The minimum Gasteiger partial charge on any atom is -0.399 e. The Morgan fingerprint density at radius 3 is 2.17 bits per heavy atom. The molecule has 0 spiro atoms. The molecule has 5 nitrogen and oxygen atoms in total.